The van der Waals surface area contributed by atoms with Gasteiger partial charge in [0.25, 0.3) is 18.2 Å². The van der Waals surface area contributed by atoms with Crippen LogP contribution in [0.4, 0.5) is 4.79 Å². The summed E-state index contributed by atoms with van der Waals surface area (Å²) < 4.78 is 25.5. The van der Waals surface area contributed by atoms with Crippen LogP contribution in [0, 0.1) is 5.92 Å². The molecule has 14 N–H and O–H groups in total. The number of aromatic nitrogens is 2. The zero-order chi connectivity index (χ0) is 76.5. The number of alkyl carbamates (subject to hydrolysis) is 1. The number of hydrogen-bond donors (Lipinski definition) is 14. The Kier molecular flexibility index (Phi) is 35.5. The molecule has 578 valence electrons. The first-order valence-corrected chi connectivity index (χ1v) is 36.2. The second-order valence-corrected chi connectivity index (χ2v) is 28.5. The maximum absolute atomic E-state index is 15.2. The van der Waals surface area contributed by atoms with Crippen LogP contribution in [0.3, 0.4) is 0 Å². The van der Waals surface area contributed by atoms with Gasteiger partial charge in [-0.1, -0.05) is 62.1 Å². The molecule has 3 aliphatic rings. The Morgan fingerprint density at radius 1 is 0.726 bits per heavy atom. The number of phenolic OH excluding ortho intramolecular Hbond substituents is 1. The molecule has 3 fully saturated rings. The fraction of sp³-hybridized carbons (Fsp3) is 0.580. The molecule has 0 radical (unpaired) electrons. The molecular formula is C69H96N11NaO23S2. The number of aliphatic hydroxyl groups excluding tert-OH is 6. The fourth-order valence-corrected chi connectivity index (χ4v) is 13.1. The van der Waals surface area contributed by atoms with E-state index in [0.717, 1.165) is 73.1 Å². The van der Waals surface area contributed by atoms with Crippen molar-refractivity contribution in [3.05, 3.63) is 77.9 Å². The van der Waals surface area contributed by atoms with Crippen LogP contribution in [0.5, 0.6) is 17.2 Å². The molecule has 4 heterocycles. The van der Waals surface area contributed by atoms with Crippen molar-refractivity contribution in [2.45, 2.75) is 197 Å². The van der Waals surface area contributed by atoms with Crippen molar-refractivity contribution in [2.24, 2.45) is 5.92 Å². The van der Waals surface area contributed by atoms with Crippen molar-refractivity contribution < 1.29 is 141 Å². The molecule has 0 aliphatic carbocycles. The summed E-state index contributed by atoms with van der Waals surface area (Å²) in [7, 11) is 1.69. The number of carbonyl (C=O) groups is 9. The maximum atomic E-state index is 15.2. The Morgan fingerprint density at radius 2 is 1.36 bits per heavy atom. The van der Waals surface area contributed by atoms with Crippen LogP contribution >= 0.6 is 23.7 Å². The standard InChI is InChI=1S/C69H97N11O23S2.Na/c1-38-36-80-57(58(38)88)63(93)72-35-44(82)33-47(73-59(89)41-17-19-42(20-18-41)64-77-78-65(104-64)43-21-23-46(24-22-43)99-30-14-9-7-8-13-29-98-6)60(90)74-54(39(2)81)66(94)79-37-45(83)34-48(79)61(91)75-55(51(86)31-40-16-25-49(84)52(32-40)101-105-103-102-97)62(92)76-56(67(80)95)50(85)26-28-70-53(87)15-11-10-12-27-71-68(96)100-69(3,4)5;/h16-25,32,38-39,44-45,47-48,50-51,54-58,81-86,88,97H,7-15,26-31,33-37H2,1-6H3,(H,70,87)(H,71,96)(H,72,93)(H,73,89)(H,74,90)(H,75,91)(H,76,92);/q;+1/p-1/t38-,39+,44+,45+,47+,48+,50-,51-,54+,55+,56+,57+,58+;/m1./s1. The van der Waals surface area contributed by atoms with Gasteiger partial charge in [0.15, 0.2) is 11.5 Å². The predicted molar refractivity (Wildman–Crippen MR) is 375 cm³/mol. The Bertz CT molecular complexity index is 3540. The molecule has 1 aromatic heterocycles. The van der Waals surface area contributed by atoms with E-state index in [1.165, 1.54) is 36.5 Å². The van der Waals surface area contributed by atoms with Crippen LogP contribution in [0.25, 0.3) is 21.1 Å². The molecule has 0 unspecified atom stereocenters. The van der Waals surface area contributed by atoms with Crippen molar-refractivity contribution >= 4 is 77.0 Å². The van der Waals surface area contributed by atoms with Crippen molar-refractivity contribution in [1.82, 2.24) is 57.2 Å². The fourth-order valence-electron chi connectivity index (χ4n) is 12.0. The Hall–Kier alpha value is -7.40. The maximum Gasteiger partial charge on any atom is 1.00 e. The molecule has 37 heteroatoms. The summed E-state index contributed by atoms with van der Waals surface area (Å²) in [6.07, 6.45) is -6.98. The van der Waals surface area contributed by atoms with Gasteiger partial charge in [0.05, 0.1) is 43.2 Å². The van der Waals surface area contributed by atoms with E-state index in [1.54, 1.807) is 40.0 Å². The number of phenols is 1. The number of hydrogen-bond acceptors (Lipinski definition) is 27. The minimum Gasteiger partial charge on any atom is -0.691 e. The molecule has 0 saturated carbocycles. The van der Waals surface area contributed by atoms with Gasteiger partial charge in [-0.2, -0.15) is 0 Å². The van der Waals surface area contributed by atoms with Gasteiger partial charge in [-0.05, 0) is 114 Å². The van der Waals surface area contributed by atoms with E-state index in [4.69, 9.17) is 18.4 Å². The average molecular weight is 1530 g/mol. The Labute approximate surface area is 643 Å². The summed E-state index contributed by atoms with van der Waals surface area (Å²) in [6.45, 7) is 7.35. The minimum atomic E-state index is -2.20. The van der Waals surface area contributed by atoms with E-state index < -0.39 is 182 Å². The van der Waals surface area contributed by atoms with Crippen LogP contribution < -0.4 is 81.0 Å². The average Bonchev–Trinajstić information content (AvgIpc) is 1.62. The number of aliphatic hydroxyl groups is 6. The SMILES string of the molecule is COCCCCCCCOc1ccc(-c2nnc(-c3ccc(C(=O)N[C@H]4C[C@H](O)CNC(=O)[C@@H]5[C@@H](O)[C@H](C)CN5C(=O)[C@H]([C@H](O)CCNC(=O)CCCCCNC(=O)OC(C)(C)C)NC(=O)[C@H]([C@H](O)Cc5ccc(O)c(OSOO[O-])c5)NC(=O)[C@@H]5C[C@H](O)CN5C(=O)[C@H]([C@H](C)O)NC4=O)cc3)s2)cc1.[Na+]. The quantitative estimate of drug-likeness (QED) is 0.00799. The molecule has 106 heavy (non-hydrogen) atoms. The summed E-state index contributed by atoms with van der Waals surface area (Å²) >= 11 is 1.28. The third-order valence-corrected chi connectivity index (χ3v) is 19.0. The molecule has 7 rings (SSSR count). The van der Waals surface area contributed by atoms with Crippen molar-refractivity contribution in [2.75, 3.05) is 53.0 Å². The largest absolute Gasteiger partial charge is 1.00 e. The zero-order valence-electron chi connectivity index (χ0n) is 60.3. The normalized spacial score (nSPS) is 22.9. The predicted octanol–water partition coefficient (Wildman–Crippen LogP) is -2.74. The number of unbranched alkanes of at least 4 members (excludes halogenated alkanes) is 6. The molecule has 0 spiro atoms. The van der Waals surface area contributed by atoms with E-state index in [2.05, 4.69) is 56.8 Å². The third-order valence-electron chi connectivity index (χ3n) is 17.6. The number of β-amino-alcohol motifs (C(OH)–C–C–N with tert-alkyl or cyclic N) is 1. The smallest absolute Gasteiger partial charge is 0.691 e. The van der Waals surface area contributed by atoms with E-state index in [0.29, 0.717) is 47.2 Å². The number of methoxy groups -OCH3 is 1. The van der Waals surface area contributed by atoms with Gasteiger partial charge in [0.1, 0.15) is 57.6 Å². The summed E-state index contributed by atoms with van der Waals surface area (Å²) in [4.78, 5) is 130. The first-order valence-electron chi connectivity index (χ1n) is 34.8. The molecule has 4 aromatic rings. The van der Waals surface area contributed by atoms with Crippen LogP contribution in [0.1, 0.15) is 128 Å². The second kappa shape index (κ2) is 43.0. The number of carbonyl (C=O) groups excluding carboxylic acids is 9. The van der Waals surface area contributed by atoms with E-state index in [1.807, 2.05) is 24.3 Å². The van der Waals surface area contributed by atoms with Gasteiger partial charge in [-0.15, -0.1) is 14.5 Å². The number of aromatic hydroxyl groups is 1. The van der Waals surface area contributed by atoms with Crippen LogP contribution in [-0.2, 0) is 58.8 Å². The Morgan fingerprint density at radius 3 is 2.02 bits per heavy atom. The summed E-state index contributed by atoms with van der Waals surface area (Å²) in [5.41, 5.74) is 0.738. The first-order chi connectivity index (χ1) is 50.0. The second-order valence-electron chi connectivity index (χ2n) is 27.1. The van der Waals surface area contributed by atoms with Crippen LogP contribution in [0.15, 0.2) is 66.7 Å². The summed E-state index contributed by atoms with van der Waals surface area (Å²) in [5.74, 6) is -9.60. The monoisotopic (exact) mass is 1530 g/mol. The van der Waals surface area contributed by atoms with E-state index >= 15 is 9.59 Å². The first kappa shape index (κ1) is 87.5. The topological polar surface area (TPSA) is 490 Å². The number of rotatable bonds is 31. The molecule has 0 bridgehead atoms. The number of nitrogens with one attached hydrogen (secondary N) is 7. The number of ether oxygens (including phenoxy) is 3. The van der Waals surface area contributed by atoms with Gasteiger partial charge in [0, 0.05) is 94.7 Å². The molecule has 13 atom stereocenters. The number of fused-ring (bicyclic) bond motifs is 2. The number of nitrogens with zero attached hydrogens (tertiary/aromatic N) is 4. The molecule has 9 amide bonds. The van der Waals surface area contributed by atoms with Gasteiger partial charge < -0.3 is 106 Å². The van der Waals surface area contributed by atoms with E-state index in [9.17, 15) is 74.6 Å². The van der Waals surface area contributed by atoms with Crippen LogP contribution in [0.2, 0.25) is 0 Å². The molecule has 3 aromatic carbocycles. The zero-order valence-corrected chi connectivity index (χ0v) is 63.9. The third kappa shape index (κ3) is 26.5. The molecule has 34 nitrogen and oxygen atoms in total. The molecular weight excluding hydrogens is 1440 g/mol. The van der Waals surface area contributed by atoms with Crippen molar-refractivity contribution in [1.29, 1.82) is 0 Å². The molecule has 3 aliphatic heterocycles. The minimum absolute atomic E-state index is 0. The van der Waals surface area contributed by atoms with Gasteiger partial charge in [0.2, 0.25) is 41.4 Å². The van der Waals surface area contributed by atoms with Crippen molar-refractivity contribution in [3.63, 3.8) is 0 Å². The van der Waals surface area contributed by atoms with E-state index in [-0.39, 0.29) is 84.8 Å². The number of benzene rings is 3. The summed E-state index contributed by atoms with van der Waals surface area (Å²) in [6, 6.07) is 5.39. The van der Waals surface area contributed by atoms with Gasteiger partial charge in [-0.3, -0.25) is 43.4 Å². The van der Waals surface area contributed by atoms with Crippen LogP contribution in [-0.4, -0.2) is 241 Å². The van der Waals surface area contributed by atoms with Gasteiger partial charge >= 0.3 is 35.7 Å². The molecule has 3 saturated heterocycles. The summed E-state index contributed by atoms with van der Waals surface area (Å²) in [5, 5.41) is 121. The number of amides is 9. The van der Waals surface area contributed by atoms with Gasteiger partial charge in [-0.25, -0.2) is 4.79 Å². The Balaban J connectivity index is 0.0000176. The van der Waals surface area contributed by atoms with Crippen molar-refractivity contribution in [3.8, 4) is 38.4 Å².